The summed E-state index contributed by atoms with van der Waals surface area (Å²) in [5.41, 5.74) is 6.07. The van der Waals surface area contributed by atoms with Crippen LogP contribution in [0.1, 0.15) is 5.56 Å². The highest BCUT2D eigenvalue weighted by Gasteiger charge is 2.27. The normalized spacial score (nSPS) is 11.6. The number of alkyl halides is 3. The number of hydrogen-bond donors (Lipinski definition) is 1. The van der Waals surface area contributed by atoms with E-state index in [0.717, 1.165) is 5.56 Å². The fraction of sp³-hybridized carbons (Fsp3) is 0.500. The number of halogens is 4. The molecule has 108 valence electrons. The maximum atomic E-state index is 13.5. The quantitative estimate of drug-likeness (QED) is 0.616. The molecule has 1 aromatic carbocycles. The van der Waals surface area contributed by atoms with Crippen LogP contribution in [0.4, 0.5) is 17.6 Å². The van der Waals surface area contributed by atoms with Crippen LogP contribution in [0.15, 0.2) is 18.2 Å². The minimum Gasteiger partial charge on any atom is -0.488 e. The molecule has 3 nitrogen and oxygen atoms in total. The molecule has 2 N–H and O–H groups in total. The Bertz CT molecular complexity index is 396. The van der Waals surface area contributed by atoms with Crippen LogP contribution >= 0.6 is 0 Å². The van der Waals surface area contributed by atoms with Crippen LogP contribution < -0.4 is 10.5 Å². The summed E-state index contributed by atoms with van der Waals surface area (Å²) in [5.74, 6) is -0.585. The molecule has 0 aromatic heterocycles. The Morgan fingerprint density at radius 1 is 1.16 bits per heavy atom. The summed E-state index contributed by atoms with van der Waals surface area (Å²) < 4.78 is 58.1. The highest BCUT2D eigenvalue weighted by atomic mass is 19.4. The maximum absolute atomic E-state index is 13.5. The molecule has 19 heavy (non-hydrogen) atoms. The monoisotopic (exact) mass is 281 g/mol. The fourth-order valence-electron chi connectivity index (χ4n) is 1.38. The molecule has 0 aliphatic carbocycles. The van der Waals surface area contributed by atoms with Gasteiger partial charge in [0.1, 0.15) is 13.2 Å². The second-order valence-corrected chi connectivity index (χ2v) is 3.82. The van der Waals surface area contributed by atoms with E-state index in [1.807, 2.05) is 0 Å². The van der Waals surface area contributed by atoms with Gasteiger partial charge in [0.05, 0.1) is 6.61 Å². The van der Waals surface area contributed by atoms with Gasteiger partial charge in [0.25, 0.3) is 0 Å². The third kappa shape index (κ3) is 6.40. The molecule has 0 spiro atoms. The molecule has 1 rings (SSSR count). The summed E-state index contributed by atoms with van der Waals surface area (Å²) in [5, 5.41) is 0. The molecule has 0 atom stereocenters. The first-order valence-electron chi connectivity index (χ1n) is 5.68. The number of ether oxygens (including phenoxy) is 2. The van der Waals surface area contributed by atoms with Gasteiger partial charge < -0.3 is 15.2 Å². The van der Waals surface area contributed by atoms with Crippen LogP contribution in [-0.2, 0) is 11.2 Å². The zero-order valence-corrected chi connectivity index (χ0v) is 10.2. The lowest BCUT2D eigenvalue weighted by atomic mass is 10.1. The lowest BCUT2D eigenvalue weighted by Gasteiger charge is -2.10. The standard InChI is InChI=1S/C12H15F4NO2/c13-10-7-9(3-4-17)1-2-11(10)19-6-5-18-8-12(14,15)16/h1-2,7H,3-6,8,17H2. The van der Waals surface area contributed by atoms with Gasteiger partial charge in [-0.15, -0.1) is 0 Å². The molecule has 0 radical (unpaired) electrons. The van der Waals surface area contributed by atoms with Crippen LogP contribution in [0.3, 0.4) is 0 Å². The first kappa shape index (κ1) is 15.7. The van der Waals surface area contributed by atoms with Crippen molar-refractivity contribution in [3.05, 3.63) is 29.6 Å². The average molecular weight is 281 g/mol. The number of nitrogens with two attached hydrogens (primary N) is 1. The van der Waals surface area contributed by atoms with Gasteiger partial charge in [-0.3, -0.25) is 0 Å². The Balaban J connectivity index is 2.33. The minimum atomic E-state index is -4.37. The molecule has 7 heteroatoms. The van der Waals surface area contributed by atoms with Crippen molar-refractivity contribution in [2.75, 3.05) is 26.4 Å². The van der Waals surface area contributed by atoms with Gasteiger partial charge in [-0.05, 0) is 30.7 Å². The van der Waals surface area contributed by atoms with Crippen LogP contribution in [0.25, 0.3) is 0 Å². The second-order valence-electron chi connectivity index (χ2n) is 3.82. The Morgan fingerprint density at radius 2 is 1.89 bits per heavy atom. The van der Waals surface area contributed by atoms with E-state index in [9.17, 15) is 17.6 Å². The average Bonchev–Trinajstić information content (AvgIpc) is 2.30. The summed E-state index contributed by atoms with van der Waals surface area (Å²) in [4.78, 5) is 0. The van der Waals surface area contributed by atoms with Gasteiger partial charge >= 0.3 is 6.18 Å². The molecule has 0 bridgehead atoms. The van der Waals surface area contributed by atoms with Gasteiger partial charge in [-0.2, -0.15) is 13.2 Å². The van der Waals surface area contributed by atoms with E-state index in [4.69, 9.17) is 10.5 Å². The van der Waals surface area contributed by atoms with Crippen molar-refractivity contribution in [3.8, 4) is 5.75 Å². The van der Waals surface area contributed by atoms with Crippen LogP contribution in [-0.4, -0.2) is 32.5 Å². The van der Waals surface area contributed by atoms with Crippen molar-refractivity contribution < 1.29 is 27.0 Å². The topological polar surface area (TPSA) is 44.5 Å². The van der Waals surface area contributed by atoms with E-state index < -0.39 is 18.6 Å². The van der Waals surface area contributed by atoms with Crippen molar-refractivity contribution in [1.82, 2.24) is 0 Å². The zero-order valence-electron chi connectivity index (χ0n) is 10.2. The molecule has 0 aliphatic rings. The van der Waals surface area contributed by atoms with Gasteiger partial charge in [0.15, 0.2) is 11.6 Å². The third-order valence-electron chi connectivity index (χ3n) is 2.18. The summed E-state index contributed by atoms with van der Waals surface area (Å²) >= 11 is 0. The number of benzene rings is 1. The molecule has 0 unspecified atom stereocenters. The number of rotatable bonds is 7. The molecule has 0 amide bonds. The molecule has 0 heterocycles. The largest absolute Gasteiger partial charge is 0.488 e. The van der Waals surface area contributed by atoms with Gasteiger partial charge in [-0.25, -0.2) is 4.39 Å². The molecule has 1 aromatic rings. The van der Waals surface area contributed by atoms with Crippen molar-refractivity contribution in [2.24, 2.45) is 5.73 Å². The van der Waals surface area contributed by atoms with E-state index in [1.54, 1.807) is 6.07 Å². The maximum Gasteiger partial charge on any atom is 0.411 e. The highest BCUT2D eigenvalue weighted by Crippen LogP contribution is 2.18. The van der Waals surface area contributed by atoms with Gasteiger partial charge in [0.2, 0.25) is 0 Å². The summed E-state index contributed by atoms with van der Waals surface area (Å²) in [6.07, 6.45) is -3.82. The Hall–Kier alpha value is -1.34. The SMILES string of the molecule is NCCc1ccc(OCCOCC(F)(F)F)c(F)c1. The first-order valence-corrected chi connectivity index (χ1v) is 5.68. The van der Waals surface area contributed by atoms with Crippen LogP contribution in [0.5, 0.6) is 5.75 Å². The lowest BCUT2D eigenvalue weighted by Crippen LogP contribution is -2.19. The smallest absolute Gasteiger partial charge is 0.411 e. The molecule has 0 saturated carbocycles. The molecule has 0 aliphatic heterocycles. The molecule has 0 fully saturated rings. The fourth-order valence-corrected chi connectivity index (χ4v) is 1.38. The van der Waals surface area contributed by atoms with E-state index in [1.165, 1.54) is 12.1 Å². The third-order valence-corrected chi connectivity index (χ3v) is 2.18. The molecular formula is C12H15F4NO2. The molecular weight excluding hydrogens is 266 g/mol. The van der Waals surface area contributed by atoms with E-state index in [2.05, 4.69) is 4.74 Å². The van der Waals surface area contributed by atoms with Crippen molar-refractivity contribution >= 4 is 0 Å². The first-order chi connectivity index (χ1) is 8.92. The lowest BCUT2D eigenvalue weighted by molar-refractivity contribution is -0.175. The van der Waals surface area contributed by atoms with Crippen molar-refractivity contribution in [1.29, 1.82) is 0 Å². The van der Waals surface area contributed by atoms with Gasteiger partial charge in [-0.1, -0.05) is 6.07 Å². The Morgan fingerprint density at radius 3 is 2.47 bits per heavy atom. The minimum absolute atomic E-state index is 0.0172. The Kier molecular flexibility index (Phi) is 6.04. The van der Waals surface area contributed by atoms with E-state index in [-0.39, 0.29) is 19.0 Å². The highest BCUT2D eigenvalue weighted by molar-refractivity contribution is 5.29. The van der Waals surface area contributed by atoms with Crippen molar-refractivity contribution in [2.45, 2.75) is 12.6 Å². The number of hydrogen-bond acceptors (Lipinski definition) is 3. The van der Waals surface area contributed by atoms with E-state index >= 15 is 0 Å². The van der Waals surface area contributed by atoms with Crippen LogP contribution in [0.2, 0.25) is 0 Å². The van der Waals surface area contributed by atoms with Crippen molar-refractivity contribution in [3.63, 3.8) is 0 Å². The molecule has 0 saturated heterocycles. The second kappa shape index (κ2) is 7.30. The Labute approximate surface area is 108 Å². The zero-order chi connectivity index (χ0) is 14.3. The predicted molar refractivity (Wildman–Crippen MR) is 61.5 cm³/mol. The van der Waals surface area contributed by atoms with Gasteiger partial charge in [0, 0.05) is 0 Å². The summed E-state index contributed by atoms with van der Waals surface area (Å²) in [6, 6.07) is 4.37. The summed E-state index contributed by atoms with van der Waals surface area (Å²) in [6.45, 7) is -1.34. The summed E-state index contributed by atoms with van der Waals surface area (Å²) in [7, 11) is 0. The van der Waals surface area contributed by atoms with E-state index in [0.29, 0.717) is 13.0 Å². The predicted octanol–water partition coefficient (Wildman–Crippen LogP) is 2.28. The van der Waals surface area contributed by atoms with Crippen LogP contribution in [0, 0.1) is 5.82 Å².